The molecule has 0 saturated heterocycles. The van der Waals surface area contributed by atoms with Crippen LogP contribution in [0.2, 0.25) is 0 Å². The van der Waals surface area contributed by atoms with E-state index in [2.05, 4.69) is 10.3 Å². The fourth-order valence-electron chi connectivity index (χ4n) is 1.23. The number of nitrogens with zero attached hydrogens (tertiary/aromatic N) is 1. The molecule has 1 amide bonds. The molecule has 0 aliphatic carbocycles. The van der Waals surface area contributed by atoms with Crippen molar-refractivity contribution in [2.45, 2.75) is 26.9 Å². The standard InChI is InChI=1S/C13H20N2O3/c1-9(2)8-18-10(3)13(16)15-11-5-6-12(17-4)14-7-11/h5-7,9-10H,8H2,1-4H3,(H,15,16). The van der Waals surface area contributed by atoms with Gasteiger partial charge in [0.05, 0.1) is 19.0 Å². The first-order valence-electron chi connectivity index (χ1n) is 5.95. The molecule has 0 fully saturated rings. The molecule has 18 heavy (non-hydrogen) atoms. The van der Waals surface area contributed by atoms with Gasteiger partial charge in [0.2, 0.25) is 5.88 Å². The number of aromatic nitrogens is 1. The van der Waals surface area contributed by atoms with Gasteiger partial charge in [-0.05, 0) is 18.9 Å². The van der Waals surface area contributed by atoms with E-state index in [-0.39, 0.29) is 5.91 Å². The number of carbonyl (C=O) groups excluding carboxylic acids is 1. The zero-order valence-corrected chi connectivity index (χ0v) is 11.3. The van der Waals surface area contributed by atoms with E-state index in [1.807, 2.05) is 13.8 Å². The van der Waals surface area contributed by atoms with E-state index >= 15 is 0 Å². The van der Waals surface area contributed by atoms with Crippen LogP contribution in [0.15, 0.2) is 18.3 Å². The van der Waals surface area contributed by atoms with Crippen LogP contribution in [-0.4, -0.2) is 30.7 Å². The minimum absolute atomic E-state index is 0.178. The van der Waals surface area contributed by atoms with E-state index in [9.17, 15) is 4.79 Å². The molecule has 0 aliphatic heterocycles. The first kappa shape index (κ1) is 14.4. The highest BCUT2D eigenvalue weighted by Gasteiger charge is 2.14. The molecule has 1 aromatic heterocycles. The predicted octanol–water partition coefficient (Wildman–Crippen LogP) is 2.09. The second-order valence-electron chi connectivity index (χ2n) is 4.45. The Balaban J connectivity index is 2.47. The lowest BCUT2D eigenvalue weighted by molar-refractivity contribution is -0.126. The first-order valence-corrected chi connectivity index (χ1v) is 5.95. The lowest BCUT2D eigenvalue weighted by Crippen LogP contribution is -2.28. The molecule has 1 rings (SSSR count). The van der Waals surface area contributed by atoms with Gasteiger partial charge < -0.3 is 14.8 Å². The minimum Gasteiger partial charge on any atom is -0.481 e. The van der Waals surface area contributed by atoms with Gasteiger partial charge in [-0.2, -0.15) is 0 Å². The molecule has 1 atom stereocenters. The lowest BCUT2D eigenvalue weighted by Gasteiger charge is -2.14. The molecule has 0 bridgehead atoms. The maximum absolute atomic E-state index is 11.8. The van der Waals surface area contributed by atoms with E-state index in [1.54, 1.807) is 32.4 Å². The molecule has 5 heteroatoms. The summed E-state index contributed by atoms with van der Waals surface area (Å²) in [6.07, 6.45) is 1.07. The smallest absolute Gasteiger partial charge is 0.253 e. The van der Waals surface area contributed by atoms with Crippen LogP contribution in [0, 0.1) is 5.92 Å². The van der Waals surface area contributed by atoms with Crippen LogP contribution in [0.3, 0.4) is 0 Å². The van der Waals surface area contributed by atoms with Crippen LogP contribution >= 0.6 is 0 Å². The number of hydrogen-bond donors (Lipinski definition) is 1. The lowest BCUT2D eigenvalue weighted by atomic mass is 10.2. The van der Waals surface area contributed by atoms with Crippen molar-refractivity contribution in [3.63, 3.8) is 0 Å². The molecular weight excluding hydrogens is 232 g/mol. The highest BCUT2D eigenvalue weighted by molar-refractivity contribution is 5.93. The predicted molar refractivity (Wildman–Crippen MR) is 69.7 cm³/mol. The summed E-state index contributed by atoms with van der Waals surface area (Å²) in [7, 11) is 1.54. The van der Waals surface area contributed by atoms with Gasteiger partial charge in [-0.3, -0.25) is 4.79 Å². The van der Waals surface area contributed by atoms with E-state index in [0.717, 1.165) is 0 Å². The average molecular weight is 252 g/mol. The van der Waals surface area contributed by atoms with Gasteiger partial charge >= 0.3 is 0 Å². The molecule has 0 saturated carbocycles. The van der Waals surface area contributed by atoms with Crippen LogP contribution in [0.5, 0.6) is 5.88 Å². The van der Waals surface area contributed by atoms with Gasteiger partial charge in [-0.15, -0.1) is 0 Å². The van der Waals surface area contributed by atoms with Gasteiger partial charge in [-0.25, -0.2) is 4.98 Å². The summed E-state index contributed by atoms with van der Waals surface area (Å²) in [4.78, 5) is 15.8. The summed E-state index contributed by atoms with van der Waals surface area (Å²) < 4.78 is 10.4. The van der Waals surface area contributed by atoms with Crippen molar-refractivity contribution in [3.05, 3.63) is 18.3 Å². The van der Waals surface area contributed by atoms with Gasteiger partial charge in [0.15, 0.2) is 0 Å². The summed E-state index contributed by atoms with van der Waals surface area (Å²) >= 11 is 0. The number of methoxy groups -OCH3 is 1. The maximum Gasteiger partial charge on any atom is 0.253 e. The van der Waals surface area contributed by atoms with Crippen LogP contribution in [0.1, 0.15) is 20.8 Å². The Kier molecular flexibility index (Phi) is 5.58. The number of nitrogens with one attached hydrogen (secondary N) is 1. The highest BCUT2D eigenvalue weighted by atomic mass is 16.5. The number of pyridine rings is 1. The summed E-state index contributed by atoms with van der Waals surface area (Å²) in [6, 6.07) is 3.42. The third-order valence-electron chi connectivity index (χ3n) is 2.26. The monoisotopic (exact) mass is 252 g/mol. The van der Waals surface area contributed by atoms with Crippen LogP contribution in [0.4, 0.5) is 5.69 Å². The minimum atomic E-state index is -0.477. The summed E-state index contributed by atoms with van der Waals surface area (Å²) in [5.74, 6) is 0.739. The fraction of sp³-hybridized carbons (Fsp3) is 0.538. The number of ether oxygens (including phenoxy) is 2. The molecule has 0 radical (unpaired) electrons. The van der Waals surface area contributed by atoms with Gasteiger partial charge in [0.1, 0.15) is 6.10 Å². The molecule has 1 heterocycles. The SMILES string of the molecule is COc1ccc(NC(=O)C(C)OCC(C)C)cn1. The van der Waals surface area contributed by atoms with Gasteiger partial charge in [0, 0.05) is 12.7 Å². The third kappa shape index (κ3) is 4.71. The largest absolute Gasteiger partial charge is 0.481 e. The summed E-state index contributed by atoms with van der Waals surface area (Å²) in [5.41, 5.74) is 0.626. The van der Waals surface area contributed by atoms with Crippen molar-refractivity contribution in [3.8, 4) is 5.88 Å². The number of amides is 1. The van der Waals surface area contributed by atoms with E-state index in [1.165, 1.54) is 0 Å². The molecule has 0 aromatic carbocycles. The molecule has 1 unspecified atom stereocenters. The average Bonchev–Trinajstić information content (AvgIpc) is 2.36. The van der Waals surface area contributed by atoms with Gasteiger partial charge in [0.25, 0.3) is 5.91 Å². The van der Waals surface area contributed by atoms with Crippen molar-refractivity contribution in [1.82, 2.24) is 4.98 Å². The number of rotatable bonds is 6. The topological polar surface area (TPSA) is 60.5 Å². The van der Waals surface area contributed by atoms with Crippen molar-refractivity contribution in [1.29, 1.82) is 0 Å². The molecular formula is C13H20N2O3. The molecule has 100 valence electrons. The molecule has 0 aliphatic rings. The highest BCUT2D eigenvalue weighted by Crippen LogP contribution is 2.11. The van der Waals surface area contributed by atoms with E-state index < -0.39 is 6.10 Å². The normalized spacial score (nSPS) is 12.3. The first-order chi connectivity index (χ1) is 8.52. The Morgan fingerprint density at radius 3 is 2.61 bits per heavy atom. The number of anilines is 1. The van der Waals surface area contributed by atoms with Crippen molar-refractivity contribution < 1.29 is 14.3 Å². The van der Waals surface area contributed by atoms with E-state index in [0.29, 0.717) is 24.1 Å². The summed E-state index contributed by atoms with van der Waals surface area (Å²) in [6.45, 7) is 6.38. The number of carbonyl (C=O) groups is 1. The second-order valence-corrected chi connectivity index (χ2v) is 4.45. The zero-order valence-electron chi connectivity index (χ0n) is 11.3. The zero-order chi connectivity index (χ0) is 13.5. The Labute approximate surface area is 108 Å². The Morgan fingerprint density at radius 1 is 1.39 bits per heavy atom. The Morgan fingerprint density at radius 2 is 2.11 bits per heavy atom. The van der Waals surface area contributed by atoms with Crippen molar-refractivity contribution >= 4 is 11.6 Å². The van der Waals surface area contributed by atoms with Crippen molar-refractivity contribution in [2.75, 3.05) is 19.0 Å². The Bertz CT molecular complexity index is 376. The number of hydrogen-bond acceptors (Lipinski definition) is 4. The van der Waals surface area contributed by atoms with Crippen LogP contribution in [-0.2, 0) is 9.53 Å². The molecule has 1 N–H and O–H groups in total. The summed E-state index contributed by atoms with van der Waals surface area (Å²) in [5, 5.41) is 2.73. The molecule has 1 aromatic rings. The van der Waals surface area contributed by atoms with Crippen LogP contribution < -0.4 is 10.1 Å². The molecule has 5 nitrogen and oxygen atoms in total. The third-order valence-corrected chi connectivity index (χ3v) is 2.26. The second kappa shape index (κ2) is 6.96. The molecule has 0 spiro atoms. The van der Waals surface area contributed by atoms with Gasteiger partial charge in [-0.1, -0.05) is 13.8 Å². The van der Waals surface area contributed by atoms with Crippen molar-refractivity contribution in [2.24, 2.45) is 5.92 Å². The van der Waals surface area contributed by atoms with Crippen LogP contribution in [0.25, 0.3) is 0 Å². The van der Waals surface area contributed by atoms with E-state index in [4.69, 9.17) is 9.47 Å². The maximum atomic E-state index is 11.8. The quantitative estimate of drug-likeness (QED) is 0.842. The fourth-order valence-corrected chi connectivity index (χ4v) is 1.23. The Hall–Kier alpha value is -1.62.